The quantitative estimate of drug-likeness (QED) is 0.257. The largest absolute Gasteiger partial charge is 0.510 e. The molecule has 1 saturated carbocycles. The number of carbonyl (C=O) groups excluding carboxylic acids is 2. The number of Topliss-reactive ketones (excluding diaryl/α,β-unsaturated/α-hetero) is 1. The number of nitrogens with one attached hydrogen (secondary N) is 1. The van der Waals surface area contributed by atoms with E-state index in [1.807, 2.05) is 0 Å². The molecule has 0 spiro atoms. The summed E-state index contributed by atoms with van der Waals surface area (Å²) >= 11 is 0. The number of aliphatic hydroxyl groups is 3. The van der Waals surface area contributed by atoms with E-state index in [0.717, 1.165) is 0 Å². The van der Waals surface area contributed by atoms with Crippen molar-refractivity contribution >= 4 is 17.4 Å². The van der Waals surface area contributed by atoms with E-state index < -0.39 is 83.6 Å². The van der Waals surface area contributed by atoms with Crippen LogP contribution in [0.4, 0.5) is 13.2 Å². The molecule has 0 radical (unpaired) electrons. The lowest BCUT2D eigenvalue weighted by Crippen LogP contribution is -2.57. The molecule has 0 bridgehead atoms. The van der Waals surface area contributed by atoms with Gasteiger partial charge < -0.3 is 31.5 Å². The maximum Gasteiger partial charge on any atom is 0.390 e. The van der Waals surface area contributed by atoms with Gasteiger partial charge in [-0.3, -0.25) is 14.5 Å². The number of aromatic hydroxyl groups is 1. The van der Waals surface area contributed by atoms with Crippen LogP contribution in [0.1, 0.15) is 29.5 Å². The number of nitrogens with zero attached hydrogens (tertiary/aromatic N) is 3. The van der Waals surface area contributed by atoms with Gasteiger partial charge in [0.1, 0.15) is 17.3 Å². The van der Waals surface area contributed by atoms with Crippen molar-refractivity contribution in [2.45, 2.75) is 44.1 Å². The zero-order chi connectivity index (χ0) is 31.4. The SMILES string of the molecule is CN(C)[C@@H]1C(O)=C(C(N)=O)C(O)C2C(=O)C3=C(O)c4c(O)c(CNCCC(F)(F)F)cc(-c5ncccn5)c4CC3CC21. The Hall–Kier alpha value is -4.01. The molecule has 0 aliphatic heterocycles. The fourth-order valence-electron chi connectivity index (χ4n) is 6.80. The summed E-state index contributed by atoms with van der Waals surface area (Å²) < 4.78 is 38.0. The number of alkyl halides is 3. The second-order valence-electron chi connectivity index (χ2n) is 11.4. The fourth-order valence-corrected chi connectivity index (χ4v) is 6.80. The molecule has 0 saturated heterocycles. The third kappa shape index (κ3) is 5.34. The average Bonchev–Trinajstić information content (AvgIpc) is 2.91. The summed E-state index contributed by atoms with van der Waals surface area (Å²) in [5.41, 5.74) is 5.89. The highest BCUT2D eigenvalue weighted by Crippen LogP contribution is 2.52. The molecular weight excluding hydrogens is 571 g/mol. The monoisotopic (exact) mass is 603 g/mol. The third-order valence-corrected chi connectivity index (χ3v) is 8.55. The molecule has 1 fully saturated rings. The molecule has 1 aromatic carbocycles. The Morgan fingerprint density at radius 2 is 1.86 bits per heavy atom. The molecule has 7 N–H and O–H groups in total. The van der Waals surface area contributed by atoms with Crippen molar-refractivity contribution in [1.29, 1.82) is 0 Å². The second-order valence-corrected chi connectivity index (χ2v) is 11.4. The number of halogens is 3. The van der Waals surface area contributed by atoms with E-state index in [-0.39, 0.29) is 41.9 Å². The predicted octanol–water partition coefficient (Wildman–Crippen LogP) is 2.14. The van der Waals surface area contributed by atoms with Gasteiger partial charge in [-0.25, -0.2) is 9.97 Å². The Kier molecular flexibility index (Phi) is 7.96. The molecule has 3 aliphatic rings. The maximum absolute atomic E-state index is 14.0. The zero-order valence-corrected chi connectivity index (χ0v) is 23.4. The van der Waals surface area contributed by atoms with Crippen molar-refractivity contribution < 1.29 is 43.2 Å². The molecule has 2 aromatic rings. The van der Waals surface area contributed by atoms with Crippen molar-refractivity contribution in [2.24, 2.45) is 23.5 Å². The lowest BCUT2D eigenvalue weighted by atomic mass is 9.59. The number of amides is 1. The first-order valence-electron chi connectivity index (χ1n) is 13.7. The zero-order valence-electron chi connectivity index (χ0n) is 23.4. The molecule has 1 aromatic heterocycles. The van der Waals surface area contributed by atoms with Gasteiger partial charge in [0.2, 0.25) is 0 Å². The number of likely N-dealkylation sites (N-methyl/N-ethyl adjacent to an activating group) is 1. The van der Waals surface area contributed by atoms with E-state index in [4.69, 9.17) is 5.73 Å². The van der Waals surface area contributed by atoms with Gasteiger partial charge >= 0.3 is 6.18 Å². The van der Waals surface area contributed by atoms with Crippen LogP contribution in [-0.2, 0) is 22.6 Å². The molecular formula is C29H32F3N5O6. The standard InChI is InChI=1S/C29H32F3N5O6/c1-37(2)21-16-9-12-8-14-15(28-35-5-3-6-36-28)10-13(11-34-7-4-29(30,31)32)22(38)18(14)23(39)17(12)24(40)19(16)25(41)20(26(21)42)27(33)43/h3,5-6,10,12,16,19,21,25,34,38-39,41-42H,4,7-9,11H2,1-2H3,(H2,33,43)/t12?,16?,19?,21-,25?/m0/s1. The number of phenolic OH excluding ortho intramolecular Hbond substituents is 1. The number of aliphatic hydroxyl groups excluding tert-OH is 3. The van der Waals surface area contributed by atoms with Crippen molar-refractivity contribution in [3.8, 4) is 17.1 Å². The van der Waals surface area contributed by atoms with Crippen LogP contribution in [0, 0.1) is 17.8 Å². The minimum atomic E-state index is -4.37. The summed E-state index contributed by atoms with van der Waals surface area (Å²) in [4.78, 5) is 36.5. The Bertz CT molecular complexity index is 1520. The Balaban J connectivity index is 1.63. The van der Waals surface area contributed by atoms with Gasteiger partial charge in [0, 0.05) is 42.2 Å². The summed E-state index contributed by atoms with van der Waals surface area (Å²) in [6.45, 7) is -0.601. The van der Waals surface area contributed by atoms with Gasteiger partial charge in [0.05, 0.1) is 35.6 Å². The fraction of sp³-hybridized carbons (Fsp3) is 0.448. The molecule has 43 heavy (non-hydrogen) atoms. The van der Waals surface area contributed by atoms with E-state index in [2.05, 4.69) is 15.3 Å². The number of fused-ring (bicyclic) bond motifs is 3. The molecule has 3 aliphatic carbocycles. The van der Waals surface area contributed by atoms with Gasteiger partial charge in [-0.05, 0) is 56.5 Å². The number of nitrogens with two attached hydrogens (primary N) is 1. The minimum Gasteiger partial charge on any atom is -0.510 e. The number of ketones is 1. The highest BCUT2D eigenvalue weighted by atomic mass is 19.4. The molecule has 5 rings (SSSR count). The Morgan fingerprint density at radius 3 is 2.47 bits per heavy atom. The minimum absolute atomic E-state index is 0.0482. The molecule has 4 unspecified atom stereocenters. The maximum atomic E-state index is 14.0. The van der Waals surface area contributed by atoms with Crippen molar-refractivity contribution in [3.05, 3.63) is 58.1 Å². The lowest BCUT2D eigenvalue weighted by Gasteiger charge is -2.48. The third-order valence-electron chi connectivity index (χ3n) is 8.55. The van der Waals surface area contributed by atoms with Crippen molar-refractivity contribution in [3.63, 3.8) is 0 Å². The first kappa shape index (κ1) is 30.4. The lowest BCUT2D eigenvalue weighted by molar-refractivity contribution is -0.134. The van der Waals surface area contributed by atoms with E-state index in [9.17, 15) is 43.2 Å². The first-order valence-corrected chi connectivity index (χ1v) is 13.7. The van der Waals surface area contributed by atoms with E-state index in [0.29, 0.717) is 11.1 Å². The Morgan fingerprint density at radius 1 is 1.19 bits per heavy atom. The van der Waals surface area contributed by atoms with Crippen LogP contribution in [0.2, 0.25) is 0 Å². The molecule has 14 heteroatoms. The normalized spacial score (nSPS) is 25.5. The molecule has 1 heterocycles. The molecule has 1 amide bonds. The van der Waals surface area contributed by atoms with E-state index in [1.165, 1.54) is 12.4 Å². The first-order chi connectivity index (χ1) is 20.2. The topological polar surface area (TPSA) is 182 Å². The van der Waals surface area contributed by atoms with Crippen LogP contribution < -0.4 is 11.1 Å². The number of allylic oxidation sites excluding steroid dienone is 1. The average molecular weight is 604 g/mol. The number of benzene rings is 1. The molecule has 11 nitrogen and oxygen atoms in total. The van der Waals surface area contributed by atoms with Crippen LogP contribution in [0.3, 0.4) is 0 Å². The number of hydrogen-bond acceptors (Lipinski definition) is 10. The number of hydrogen-bond donors (Lipinski definition) is 6. The molecule has 230 valence electrons. The number of primary amides is 1. The highest BCUT2D eigenvalue weighted by molar-refractivity contribution is 6.07. The summed E-state index contributed by atoms with van der Waals surface area (Å²) in [7, 11) is 3.32. The van der Waals surface area contributed by atoms with E-state index >= 15 is 0 Å². The number of phenols is 1. The van der Waals surface area contributed by atoms with Gasteiger partial charge in [-0.2, -0.15) is 13.2 Å². The van der Waals surface area contributed by atoms with E-state index in [1.54, 1.807) is 31.1 Å². The summed E-state index contributed by atoms with van der Waals surface area (Å²) in [6.07, 6.45) is -3.82. The highest BCUT2D eigenvalue weighted by Gasteiger charge is 2.55. The number of rotatable bonds is 7. The summed E-state index contributed by atoms with van der Waals surface area (Å²) in [5.74, 6) is -5.31. The van der Waals surface area contributed by atoms with Gasteiger partial charge in [0.15, 0.2) is 11.6 Å². The number of aromatic nitrogens is 2. The van der Waals surface area contributed by atoms with Crippen molar-refractivity contribution in [1.82, 2.24) is 20.2 Å². The van der Waals surface area contributed by atoms with Crippen LogP contribution in [0.15, 0.2) is 41.4 Å². The van der Waals surface area contributed by atoms with Crippen LogP contribution in [0.25, 0.3) is 17.1 Å². The van der Waals surface area contributed by atoms with Gasteiger partial charge in [0.25, 0.3) is 5.91 Å². The smallest absolute Gasteiger partial charge is 0.390 e. The predicted molar refractivity (Wildman–Crippen MR) is 147 cm³/mol. The summed E-state index contributed by atoms with van der Waals surface area (Å²) in [6, 6.07) is 2.33. The summed E-state index contributed by atoms with van der Waals surface area (Å²) in [5, 5.41) is 47.6. The second kappa shape index (κ2) is 11.2. The molecule has 5 atom stereocenters. The van der Waals surface area contributed by atoms with Crippen LogP contribution in [0.5, 0.6) is 5.75 Å². The Labute approximate surface area is 244 Å². The van der Waals surface area contributed by atoms with Crippen LogP contribution in [-0.4, -0.2) is 85.9 Å². The number of carbonyl (C=O) groups is 2. The van der Waals surface area contributed by atoms with Gasteiger partial charge in [-0.1, -0.05) is 0 Å². The van der Waals surface area contributed by atoms with Crippen LogP contribution >= 0.6 is 0 Å². The van der Waals surface area contributed by atoms with Gasteiger partial charge in [-0.15, -0.1) is 0 Å². The van der Waals surface area contributed by atoms with Crippen molar-refractivity contribution in [2.75, 3.05) is 20.6 Å².